The van der Waals surface area contributed by atoms with Crippen molar-refractivity contribution in [1.29, 1.82) is 0 Å². The number of nitrogens with zero attached hydrogens (tertiary/aromatic N) is 1. The zero-order valence-corrected chi connectivity index (χ0v) is 7.20. The van der Waals surface area contributed by atoms with E-state index in [4.69, 9.17) is 0 Å². The van der Waals surface area contributed by atoms with Crippen LogP contribution in [-0.2, 0) is 0 Å². The molecule has 0 aromatic rings. The predicted molar refractivity (Wildman–Crippen MR) is 48.4 cm³/mol. The average Bonchev–Trinajstić information content (AvgIpc) is 1.90. The van der Waals surface area contributed by atoms with Gasteiger partial charge >= 0.3 is 0 Å². The summed E-state index contributed by atoms with van der Waals surface area (Å²) in [6, 6.07) is 0. The van der Waals surface area contributed by atoms with E-state index < -0.39 is 0 Å². The summed E-state index contributed by atoms with van der Waals surface area (Å²) in [5, 5.41) is 11.5. The van der Waals surface area contributed by atoms with Gasteiger partial charge in [0.15, 0.2) is 0 Å². The van der Waals surface area contributed by atoms with Crippen LogP contribution in [0.2, 0.25) is 0 Å². The molecule has 0 atom stereocenters. The van der Waals surface area contributed by atoms with E-state index >= 15 is 0 Å². The first-order valence-corrected chi connectivity index (χ1v) is 5.03. The van der Waals surface area contributed by atoms with E-state index in [2.05, 4.69) is 4.01 Å². The first-order valence-electron chi connectivity index (χ1n) is 2.53. The molecule has 3 heteroatoms. The molecule has 0 fully saturated rings. The van der Waals surface area contributed by atoms with Gasteiger partial charge in [-0.3, -0.25) is 0 Å². The monoisotopic (exact) mass is 236 g/mol. The standard InChI is InChI=1S/C6H7INO/c1-8(9)6-3-2-4-7-5-6/h2-5H,1H3/q-1. The van der Waals surface area contributed by atoms with Crippen LogP contribution in [0.1, 0.15) is 0 Å². The lowest BCUT2D eigenvalue weighted by Gasteiger charge is -2.25. The fraction of sp³-hybridized carbons (Fsp3) is 0.167. The summed E-state index contributed by atoms with van der Waals surface area (Å²) >= 11 is 0.0254. The normalized spacial score (nSPS) is 16.4. The Hall–Kier alpha value is -0.160. The minimum Gasteiger partial charge on any atom is -0.758 e. The summed E-state index contributed by atoms with van der Waals surface area (Å²) in [6.45, 7) is 0. The number of likely N-dealkylation sites (N-methyl/N-ethyl adjacent to an activating group) is 1. The van der Waals surface area contributed by atoms with Gasteiger partial charge in [0.1, 0.15) is 0 Å². The van der Waals surface area contributed by atoms with Crippen LogP contribution in [0.4, 0.5) is 0 Å². The molecule has 1 aliphatic heterocycles. The maximum absolute atomic E-state index is 10.6. The van der Waals surface area contributed by atoms with Crippen LogP contribution in [0.25, 0.3) is 0 Å². The zero-order valence-electron chi connectivity index (χ0n) is 5.04. The first kappa shape index (κ1) is 6.95. The van der Waals surface area contributed by atoms with Crippen molar-refractivity contribution < 1.29 is 0 Å². The van der Waals surface area contributed by atoms with E-state index in [1.165, 1.54) is 7.05 Å². The second-order valence-corrected chi connectivity index (χ2v) is 3.70. The van der Waals surface area contributed by atoms with Gasteiger partial charge in [-0.2, -0.15) is 0 Å². The fourth-order valence-corrected chi connectivity index (χ4v) is 2.11. The van der Waals surface area contributed by atoms with Crippen molar-refractivity contribution in [1.82, 2.24) is 5.06 Å². The molecule has 0 aliphatic carbocycles. The van der Waals surface area contributed by atoms with Crippen LogP contribution in [0.5, 0.6) is 0 Å². The number of hydrogen-bond donors (Lipinski definition) is 0. The number of allylic oxidation sites excluding steroid dienone is 2. The van der Waals surface area contributed by atoms with Crippen molar-refractivity contribution in [2.24, 2.45) is 0 Å². The van der Waals surface area contributed by atoms with Crippen LogP contribution in [0.15, 0.2) is 21.9 Å². The number of hydrogen-bond acceptors (Lipinski definition) is 2. The second-order valence-electron chi connectivity index (χ2n) is 1.64. The molecule has 0 radical (unpaired) electrons. The lowest BCUT2D eigenvalue weighted by Crippen LogP contribution is -2.06. The van der Waals surface area contributed by atoms with Crippen molar-refractivity contribution in [3.8, 4) is 0 Å². The summed E-state index contributed by atoms with van der Waals surface area (Å²) in [7, 11) is 1.52. The molecular weight excluding hydrogens is 229 g/mol. The molecule has 0 bridgehead atoms. The summed E-state index contributed by atoms with van der Waals surface area (Å²) in [6.07, 6.45) is 3.77. The summed E-state index contributed by atoms with van der Waals surface area (Å²) in [5.74, 6) is 0. The van der Waals surface area contributed by atoms with E-state index in [0.717, 1.165) is 10.8 Å². The van der Waals surface area contributed by atoms with Gasteiger partial charge in [0.2, 0.25) is 0 Å². The zero-order chi connectivity index (χ0) is 6.69. The van der Waals surface area contributed by atoms with Crippen LogP contribution in [-0.4, -0.2) is 16.1 Å². The molecule has 0 aromatic carbocycles. The highest BCUT2D eigenvalue weighted by molar-refractivity contribution is 14.2. The number of rotatable bonds is 1. The third kappa shape index (κ3) is 1.91. The van der Waals surface area contributed by atoms with Crippen LogP contribution in [0, 0.1) is 5.21 Å². The van der Waals surface area contributed by atoms with Gasteiger partial charge < -0.3 is 10.3 Å². The third-order valence-electron chi connectivity index (χ3n) is 0.951. The van der Waals surface area contributed by atoms with Gasteiger partial charge in [0.05, 0.1) is 0 Å². The molecule has 9 heavy (non-hydrogen) atoms. The summed E-state index contributed by atoms with van der Waals surface area (Å²) < 4.78 is 4.12. The predicted octanol–water partition coefficient (Wildman–Crippen LogP) is 1.60. The largest absolute Gasteiger partial charge is 0.758 e. The molecule has 0 saturated heterocycles. The fourth-order valence-electron chi connectivity index (χ4n) is 0.488. The Morgan fingerprint density at radius 3 is 2.78 bits per heavy atom. The molecule has 0 aromatic heterocycles. The first-order chi connectivity index (χ1) is 4.30. The minimum absolute atomic E-state index is 0.0254. The summed E-state index contributed by atoms with van der Waals surface area (Å²) in [4.78, 5) is 0. The van der Waals surface area contributed by atoms with Crippen molar-refractivity contribution in [2.75, 3.05) is 7.05 Å². The maximum Gasteiger partial charge on any atom is 0.0314 e. The van der Waals surface area contributed by atoms with Crippen molar-refractivity contribution in [3.05, 3.63) is 27.1 Å². The molecular formula is C6H7INO-. The molecule has 2 nitrogen and oxygen atoms in total. The van der Waals surface area contributed by atoms with E-state index in [0.29, 0.717) is 0 Å². The summed E-state index contributed by atoms with van der Waals surface area (Å²) in [5.41, 5.74) is 0.797. The van der Waals surface area contributed by atoms with Crippen molar-refractivity contribution in [3.63, 3.8) is 0 Å². The van der Waals surface area contributed by atoms with Gasteiger partial charge in [0, 0.05) is 5.70 Å². The van der Waals surface area contributed by atoms with E-state index in [1.54, 1.807) is 0 Å². The van der Waals surface area contributed by atoms with E-state index in [-0.39, 0.29) is 20.7 Å². The lowest BCUT2D eigenvalue weighted by atomic mass is 10.4. The van der Waals surface area contributed by atoms with Crippen LogP contribution >= 0.6 is 20.7 Å². The number of halogens is 1. The maximum atomic E-state index is 10.6. The van der Waals surface area contributed by atoms with Crippen LogP contribution in [0.3, 0.4) is 0 Å². The Kier molecular flexibility index (Phi) is 2.41. The topological polar surface area (TPSA) is 26.3 Å². The van der Waals surface area contributed by atoms with Crippen molar-refractivity contribution >= 4 is 24.7 Å². The molecule has 1 rings (SSSR count). The SMILES string of the molecule is CN([O-])C1=CI=CC=C1. The highest BCUT2D eigenvalue weighted by Crippen LogP contribution is 2.12. The number of hydroxylamine groups is 2. The molecule has 0 N–H and O–H groups in total. The molecule has 0 saturated carbocycles. The van der Waals surface area contributed by atoms with E-state index in [1.807, 2.05) is 16.2 Å². The highest BCUT2D eigenvalue weighted by Gasteiger charge is 1.88. The Morgan fingerprint density at radius 1 is 1.67 bits per heavy atom. The second kappa shape index (κ2) is 3.12. The van der Waals surface area contributed by atoms with Crippen molar-refractivity contribution in [2.45, 2.75) is 0 Å². The smallest absolute Gasteiger partial charge is 0.0314 e. The average molecular weight is 236 g/mol. The Balaban J connectivity index is 2.72. The molecule has 1 heterocycles. The van der Waals surface area contributed by atoms with E-state index in [9.17, 15) is 5.21 Å². The Labute approximate surface area is 64.2 Å². The Morgan fingerprint density at radius 2 is 2.44 bits per heavy atom. The Bertz CT molecular complexity index is 181. The minimum atomic E-state index is 0.0254. The van der Waals surface area contributed by atoms with Gasteiger partial charge in [-0.05, 0) is 21.2 Å². The molecule has 50 valence electrons. The van der Waals surface area contributed by atoms with Gasteiger partial charge in [0.25, 0.3) is 0 Å². The highest BCUT2D eigenvalue weighted by atomic mass is 127. The molecule has 0 unspecified atom stereocenters. The van der Waals surface area contributed by atoms with Gasteiger partial charge in [-0.15, -0.1) is 0 Å². The molecule has 1 aliphatic rings. The molecule has 0 spiro atoms. The van der Waals surface area contributed by atoms with Gasteiger partial charge in [-0.1, -0.05) is 26.8 Å². The quantitative estimate of drug-likeness (QED) is 0.510. The van der Waals surface area contributed by atoms with Crippen LogP contribution < -0.4 is 0 Å². The van der Waals surface area contributed by atoms with Gasteiger partial charge in [-0.25, -0.2) is 0 Å². The third-order valence-corrected chi connectivity index (χ3v) is 2.78. The molecule has 0 amide bonds. The lowest BCUT2D eigenvalue weighted by molar-refractivity contribution is 0.595.